The molecule has 7 heteroatoms. The van der Waals surface area contributed by atoms with Crippen molar-refractivity contribution >= 4 is 27.2 Å². The summed E-state index contributed by atoms with van der Waals surface area (Å²) in [5.74, 6) is 0.184. The van der Waals surface area contributed by atoms with Crippen LogP contribution in [0.15, 0.2) is 6.07 Å². The molecule has 0 bridgehead atoms. The highest BCUT2D eigenvalue weighted by Crippen LogP contribution is 2.26. The predicted molar refractivity (Wildman–Crippen MR) is 90.1 cm³/mol. The lowest BCUT2D eigenvalue weighted by Crippen LogP contribution is -2.43. The zero-order chi connectivity index (χ0) is 16.5. The zero-order valence-electron chi connectivity index (χ0n) is 13.5. The van der Waals surface area contributed by atoms with Crippen molar-refractivity contribution in [3.05, 3.63) is 21.4 Å². The van der Waals surface area contributed by atoms with Crippen molar-refractivity contribution in [3.63, 3.8) is 0 Å². The molecule has 1 N–H and O–H groups in total. The van der Waals surface area contributed by atoms with Crippen LogP contribution >= 0.6 is 11.3 Å². The first kappa shape index (κ1) is 17.3. The van der Waals surface area contributed by atoms with Crippen LogP contribution in [0.2, 0.25) is 0 Å². The maximum absolute atomic E-state index is 12.4. The molecule has 1 aromatic rings. The lowest BCUT2D eigenvalue weighted by atomic mass is 10.1. The van der Waals surface area contributed by atoms with Crippen molar-refractivity contribution in [2.75, 3.05) is 24.6 Å². The fourth-order valence-electron chi connectivity index (χ4n) is 2.91. The van der Waals surface area contributed by atoms with Crippen LogP contribution in [0, 0.1) is 19.8 Å². The van der Waals surface area contributed by atoms with Crippen molar-refractivity contribution in [1.29, 1.82) is 0 Å². The minimum Gasteiger partial charge on any atom is -0.331 e. The van der Waals surface area contributed by atoms with Crippen molar-refractivity contribution in [1.82, 2.24) is 10.2 Å². The van der Waals surface area contributed by atoms with Gasteiger partial charge in [0, 0.05) is 22.8 Å². The van der Waals surface area contributed by atoms with E-state index in [1.165, 1.54) is 9.75 Å². The molecule has 1 aliphatic heterocycles. The largest absolute Gasteiger partial charge is 0.331 e. The first-order valence-corrected chi connectivity index (χ1v) is 10.1. The van der Waals surface area contributed by atoms with Gasteiger partial charge in [-0.25, -0.2) is 13.2 Å². The Kier molecular flexibility index (Phi) is 5.17. The summed E-state index contributed by atoms with van der Waals surface area (Å²) in [4.78, 5) is 16.5. The lowest BCUT2D eigenvalue weighted by molar-refractivity contribution is 0.192. The Morgan fingerprint density at radius 1 is 1.45 bits per heavy atom. The van der Waals surface area contributed by atoms with Gasteiger partial charge in [0.2, 0.25) is 0 Å². The van der Waals surface area contributed by atoms with Gasteiger partial charge in [-0.3, -0.25) is 0 Å². The Bertz CT molecular complexity index is 652. The molecule has 2 atom stereocenters. The zero-order valence-corrected chi connectivity index (χ0v) is 15.2. The van der Waals surface area contributed by atoms with Crippen LogP contribution in [0.3, 0.4) is 0 Å². The van der Waals surface area contributed by atoms with Crippen LogP contribution in [0.25, 0.3) is 0 Å². The number of carbonyl (C=O) groups excluding carboxylic acids is 1. The molecule has 1 aromatic heterocycles. The maximum atomic E-state index is 12.4. The number of nitrogens with zero attached hydrogens (tertiary/aromatic N) is 1. The number of nitrogens with one attached hydrogen (secondary N) is 1. The van der Waals surface area contributed by atoms with Crippen molar-refractivity contribution in [3.8, 4) is 0 Å². The summed E-state index contributed by atoms with van der Waals surface area (Å²) in [7, 11) is -3.04. The Balaban J connectivity index is 2.04. The first-order chi connectivity index (χ1) is 10.2. The molecule has 1 fully saturated rings. The SMILES string of the molecule is Cc1cc([C@@H](C)NC(=O)N2CCS(=O)(=O)C[C@@H](C)C2)c(C)s1. The molecule has 0 aliphatic carbocycles. The molecule has 2 heterocycles. The molecule has 0 aromatic carbocycles. The molecule has 0 radical (unpaired) electrons. The van der Waals surface area contributed by atoms with Crippen LogP contribution in [0.4, 0.5) is 4.79 Å². The first-order valence-electron chi connectivity index (χ1n) is 7.51. The van der Waals surface area contributed by atoms with Gasteiger partial charge in [-0.15, -0.1) is 11.3 Å². The summed E-state index contributed by atoms with van der Waals surface area (Å²) >= 11 is 1.72. The molecule has 124 valence electrons. The number of rotatable bonds is 2. The Morgan fingerprint density at radius 2 is 2.14 bits per heavy atom. The minimum absolute atomic E-state index is 0.0290. The van der Waals surface area contributed by atoms with E-state index in [2.05, 4.69) is 25.2 Å². The summed E-state index contributed by atoms with van der Waals surface area (Å²) in [6.45, 7) is 8.70. The fraction of sp³-hybridized carbons (Fsp3) is 0.667. The van der Waals surface area contributed by atoms with E-state index in [0.717, 1.165) is 5.56 Å². The predicted octanol–water partition coefficient (Wildman–Crippen LogP) is 2.50. The number of sulfone groups is 1. The molecule has 0 spiro atoms. The van der Waals surface area contributed by atoms with Crippen LogP contribution in [-0.2, 0) is 9.84 Å². The van der Waals surface area contributed by atoms with Gasteiger partial charge in [0.25, 0.3) is 0 Å². The van der Waals surface area contributed by atoms with Gasteiger partial charge in [-0.05, 0) is 38.3 Å². The van der Waals surface area contributed by atoms with Gasteiger partial charge in [0.15, 0.2) is 9.84 Å². The molecule has 2 amide bonds. The number of amides is 2. The van der Waals surface area contributed by atoms with Gasteiger partial charge < -0.3 is 10.2 Å². The molecule has 0 saturated carbocycles. The second kappa shape index (κ2) is 6.58. The van der Waals surface area contributed by atoms with Crippen molar-refractivity contribution in [2.45, 2.75) is 33.7 Å². The number of urea groups is 1. The fourth-order valence-corrected chi connectivity index (χ4v) is 5.57. The topological polar surface area (TPSA) is 66.5 Å². The minimum atomic E-state index is -3.04. The quantitative estimate of drug-likeness (QED) is 0.896. The second-order valence-electron chi connectivity index (χ2n) is 6.21. The highest BCUT2D eigenvalue weighted by Gasteiger charge is 2.27. The van der Waals surface area contributed by atoms with Gasteiger partial charge in [-0.1, -0.05) is 6.92 Å². The molecule has 1 aliphatic rings. The van der Waals surface area contributed by atoms with E-state index in [9.17, 15) is 13.2 Å². The molecule has 5 nitrogen and oxygen atoms in total. The summed E-state index contributed by atoms with van der Waals surface area (Å²) in [5, 5.41) is 2.99. The number of carbonyl (C=O) groups is 1. The van der Waals surface area contributed by atoms with E-state index in [-0.39, 0.29) is 36.0 Å². The lowest BCUT2D eigenvalue weighted by Gasteiger charge is -2.25. The smallest absolute Gasteiger partial charge is 0.317 e. The third kappa shape index (κ3) is 4.23. The van der Waals surface area contributed by atoms with E-state index >= 15 is 0 Å². The van der Waals surface area contributed by atoms with Crippen molar-refractivity contribution in [2.24, 2.45) is 5.92 Å². The monoisotopic (exact) mass is 344 g/mol. The average molecular weight is 345 g/mol. The van der Waals surface area contributed by atoms with E-state index in [1.807, 2.05) is 13.8 Å². The van der Waals surface area contributed by atoms with Gasteiger partial charge in [0.1, 0.15) is 0 Å². The van der Waals surface area contributed by atoms with Crippen LogP contribution in [0.1, 0.15) is 35.2 Å². The highest BCUT2D eigenvalue weighted by atomic mass is 32.2. The third-order valence-corrected chi connectivity index (χ3v) is 6.78. The van der Waals surface area contributed by atoms with Crippen LogP contribution < -0.4 is 5.32 Å². The summed E-state index contributed by atoms with van der Waals surface area (Å²) in [6.07, 6.45) is 0. The van der Waals surface area contributed by atoms with E-state index in [0.29, 0.717) is 6.54 Å². The molecule has 1 saturated heterocycles. The van der Waals surface area contributed by atoms with E-state index in [4.69, 9.17) is 0 Å². The van der Waals surface area contributed by atoms with E-state index in [1.54, 1.807) is 16.2 Å². The number of hydrogen-bond acceptors (Lipinski definition) is 4. The molecule has 22 heavy (non-hydrogen) atoms. The summed E-state index contributed by atoms with van der Waals surface area (Å²) in [5.41, 5.74) is 1.13. The summed E-state index contributed by atoms with van der Waals surface area (Å²) in [6, 6.07) is 1.84. The van der Waals surface area contributed by atoms with Crippen LogP contribution in [0.5, 0.6) is 0 Å². The molecule has 0 unspecified atom stereocenters. The average Bonchev–Trinajstić information content (AvgIpc) is 2.64. The van der Waals surface area contributed by atoms with Gasteiger partial charge in [-0.2, -0.15) is 0 Å². The number of thiophene rings is 1. The van der Waals surface area contributed by atoms with Gasteiger partial charge >= 0.3 is 6.03 Å². The normalized spacial score (nSPS) is 22.9. The second-order valence-corrected chi connectivity index (χ2v) is 9.89. The molecule has 2 rings (SSSR count). The Hall–Kier alpha value is -1.08. The molecular formula is C15H24N2O3S2. The van der Waals surface area contributed by atoms with Crippen molar-refractivity contribution < 1.29 is 13.2 Å². The van der Waals surface area contributed by atoms with E-state index < -0.39 is 9.84 Å². The summed E-state index contributed by atoms with van der Waals surface area (Å²) < 4.78 is 23.6. The third-order valence-electron chi connectivity index (χ3n) is 3.92. The standard InChI is InChI=1S/C15H24N2O3S2/c1-10-8-17(5-6-22(19,20)9-10)15(18)16-12(3)14-7-11(2)21-13(14)4/h7,10,12H,5-6,8-9H2,1-4H3,(H,16,18)/t10-,12+/m0/s1. The number of hydrogen-bond donors (Lipinski definition) is 1. The van der Waals surface area contributed by atoms with Gasteiger partial charge in [0.05, 0.1) is 17.5 Å². The molecular weight excluding hydrogens is 320 g/mol. The highest BCUT2D eigenvalue weighted by molar-refractivity contribution is 7.91. The number of aryl methyl sites for hydroxylation is 2. The Labute approximate surface area is 136 Å². The Morgan fingerprint density at radius 3 is 2.73 bits per heavy atom. The maximum Gasteiger partial charge on any atom is 0.317 e. The van der Waals surface area contributed by atoms with Crippen LogP contribution in [-0.4, -0.2) is 43.9 Å².